The van der Waals surface area contributed by atoms with Crippen molar-refractivity contribution in [1.29, 1.82) is 0 Å². The fourth-order valence-corrected chi connectivity index (χ4v) is 1.85. The van der Waals surface area contributed by atoms with Gasteiger partial charge in [-0.15, -0.1) is 0 Å². The van der Waals surface area contributed by atoms with Crippen molar-refractivity contribution in [2.24, 2.45) is 0 Å². The Labute approximate surface area is 98.5 Å². The molecule has 0 N–H and O–H groups in total. The summed E-state index contributed by atoms with van der Waals surface area (Å²) < 4.78 is 15.7. The Kier molecular flexibility index (Phi) is 4.75. The van der Waals surface area contributed by atoms with E-state index in [0.29, 0.717) is 17.2 Å². The van der Waals surface area contributed by atoms with E-state index in [-0.39, 0.29) is 0 Å². The molecule has 0 aromatic heterocycles. The number of hydrogen-bond donors (Lipinski definition) is 0. The fraction of sp³-hybridized carbons (Fsp3) is 0.455. The van der Waals surface area contributed by atoms with Crippen molar-refractivity contribution in [2.45, 2.75) is 6.42 Å². The summed E-state index contributed by atoms with van der Waals surface area (Å²) in [6.45, 7) is 0. The van der Waals surface area contributed by atoms with Gasteiger partial charge in [-0.2, -0.15) is 0 Å². The SMILES string of the molecule is COc1cc(CCBr)cc(OC)c1OC. The summed E-state index contributed by atoms with van der Waals surface area (Å²) in [5.74, 6) is 2.04. The van der Waals surface area contributed by atoms with Crippen LogP contribution in [0.3, 0.4) is 0 Å². The Morgan fingerprint density at radius 1 is 1.00 bits per heavy atom. The molecule has 0 saturated carbocycles. The summed E-state index contributed by atoms with van der Waals surface area (Å²) >= 11 is 3.40. The van der Waals surface area contributed by atoms with Gasteiger partial charge in [0.1, 0.15) is 0 Å². The van der Waals surface area contributed by atoms with Crippen molar-refractivity contribution in [3.63, 3.8) is 0 Å². The van der Waals surface area contributed by atoms with Crippen LogP contribution in [0.5, 0.6) is 17.2 Å². The molecule has 3 nitrogen and oxygen atoms in total. The predicted octanol–water partition coefficient (Wildman–Crippen LogP) is 2.65. The van der Waals surface area contributed by atoms with Crippen LogP contribution in [0.25, 0.3) is 0 Å². The summed E-state index contributed by atoms with van der Waals surface area (Å²) in [4.78, 5) is 0. The second-order valence-electron chi connectivity index (χ2n) is 2.97. The minimum absolute atomic E-state index is 0.637. The molecule has 0 aliphatic carbocycles. The van der Waals surface area contributed by atoms with Crippen LogP contribution in [0.1, 0.15) is 5.56 Å². The van der Waals surface area contributed by atoms with Gasteiger partial charge in [-0.05, 0) is 24.1 Å². The van der Waals surface area contributed by atoms with Crippen molar-refractivity contribution in [3.05, 3.63) is 17.7 Å². The van der Waals surface area contributed by atoms with Crippen LogP contribution in [0.2, 0.25) is 0 Å². The summed E-state index contributed by atoms with van der Waals surface area (Å²) in [6, 6.07) is 3.92. The molecule has 0 fully saturated rings. The minimum atomic E-state index is 0.637. The van der Waals surface area contributed by atoms with Crippen LogP contribution in [-0.2, 0) is 6.42 Å². The highest BCUT2D eigenvalue weighted by Crippen LogP contribution is 2.38. The number of methoxy groups -OCH3 is 3. The first kappa shape index (κ1) is 12.2. The largest absolute Gasteiger partial charge is 0.493 e. The van der Waals surface area contributed by atoms with E-state index in [4.69, 9.17) is 14.2 Å². The molecule has 0 spiro atoms. The maximum atomic E-state index is 5.25. The van der Waals surface area contributed by atoms with Crippen LogP contribution in [0.4, 0.5) is 0 Å². The van der Waals surface area contributed by atoms with Gasteiger partial charge < -0.3 is 14.2 Å². The second kappa shape index (κ2) is 5.85. The molecule has 1 aromatic rings. The van der Waals surface area contributed by atoms with Gasteiger partial charge in [-0.3, -0.25) is 0 Å². The topological polar surface area (TPSA) is 27.7 Å². The Hall–Kier alpha value is -0.900. The summed E-state index contributed by atoms with van der Waals surface area (Å²) in [7, 11) is 4.84. The average Bonchev–Trinajstić information content (AvgIpc) is 2.28. The molecule has 1 aromatic carbocycles. The number of aryl methyl sites for hydroxylation is 1. The van der Waals surface area contributed by atoms with Gasteiger partial charge in [0, 0.05) is 5.33 Å². The van der Waals surface area contributed by atoms with Crippen LogP contribution < -0.4 is 14.2 Å². The number of ether oxygens (including phenoxy) is 3. The van der Waals surface area contributed by atoms with Crippen molar-refractivity contribution in [2.75, 3.05) is 26.7 Å². The van der Waals surface area contributed by atoms with Gasteiger partial charge in [-0.1, -0.05) is 15.9 Å². The molecule has 0 radical (unpaired) electrons. The molecule has 84 valence electrons. The summed E-state index contributed by atoms with van der Waals surface area (Å²) in [6.07, 6.45) is 0.927. The summed E-state index contributed by atoms with van der Waals surface area (Å²) in [5.41, 5.74) is 1.15. The van der Waals surface area contributed by atoms with E-state index >= 15 is 0 Å². The van der Waals surface area contributed by atoms with E-state index < -0.39 is 0 Å². The maximum absolute atomic E-state index is 5.25. The zero-order valence-electron chi connectivity index (χ0n) is 9.17. The molecule has 0 heterocycles. The molecule has 0 bridgehead atoms. The molecule has 4 heteroatoms. The van der Waals surface area contributed by atoms with Crippen molar-refractivity contribution in [1.82, 2.24) is 0 Å². The lowest BCUT2D eigenvalue weighted by Crippen LogP contribution is -1.97. The number of alkyl halides is 1. The first-order valence-corrected chi connectivity index (χ1v) is 5.73. The fourth-order valence-electron chi connectivity index (χ4n) is 1.39. The maximum Gasteiger partial charge on any atom is 0.203 e. The first-order chi connectivity index (χ1) is 7.26. The normalized spacial score (nSPS) is 9.87. The van der Waals surface area contributed by atoms with Gasteiger partial charge >= 0.3 is 0 Å². The van der Waals surface area contributed by atoms with Crippen LogP contribution >= 0.6 is 15.9 Å². The highest BCUT2D eigenvalue weighted by atomic mass is 79.9. The molecule has 0 aliphatic heterocycles. The third kappa shape index (κ3) is 2.78. The number of halogens is 1. The van der Waals surface area contributed by atoms with Gasteiger partial charge in [0.05, 0.1) is 21.3 Å². The quantitative estimate of drug-likeness (QED) is 0.773. The molecular weight excluding hydrogens is 260 g/mol. The van der Waals surface area contributed by atoms with Crippen LogP contribution in [-0.4, -0.2) is 26.7 Å². The van der Waals surface area contributed by atoms with Crippen molar-refractivity contribution in [3.8, 4) is 17.2 Å². The summed E-state index contributed by atoms with van der Waals surface area (Å²) in [5, 5.41) is 0.908. The van der Waals surface area contributed by atoms with E-state index in [0.717, 1.165) is 17.3 Å². The van der Waals surface area contributed by atoms with Crippen molar-refractivity contribution < 1.29 is 14.2 Å². The highest BCUT2D eigenvalue weighted by molar-refractivity contribution is 9.09. The Morgan fingerprint density at radius 2 is 1.53 bits per heavy atom. The minimum Gasteiger partial charge on any atom is -0.493 e. The van der Waals surface area contributed by atoms with Gasteiger partial charge in [-0.25, -0.2) is 0 Å². The number of hydrogen-bond acceptors (Lipinski definition) is 3. The standard InChI is InChI=1S/C11H15BrO3/c1-13-9-6-8(4-5-12)7-10(14-2)11(9)15-3/h6-7H,4-5H2,1-3H3. The molecule has 15 heavy (non-hydrogen) atoms. The van der Waals surface area contributed by atoms with E-state index in [9.17, 15) is 0 Å². The highest BCUT2D eigenvalue weighted by Gasteiger charge is 2.12. The van der Waals surface area contributed by atoms with Gasteiger partial charge in [0.15, 0.2) is 11.5 Å². The smallest absolute Gasteiger partial charge is 0.203 e. The number of benzene rings is 1. The zero-order valence-corrected chi connectivity index (χ0v) is 10.8. The Bertz CT molecular complexity index is 301. The average molecular weight is 275 g/mol. The van der Waals surface area contributed by atoms with E-state index in [1.54, 1.807) is 21.3 Å². The number of rotatable bonds is 5. The first-order valence-electron chi connectivity index (χ1n) is 4.61. The third-order valence-electron chi connectivity index (χ3n) is 2.11. The molecule has 0 amide bonds. The lowest BCUT2D eigenvalue weighted by Gasteiger charge is -2.13. The van der Waals surface area contributed by atoms with Crippen LogP contribution in [0, 0.1) is 0 Å². The molecular formula is C11H15BrO3. The molecule has 0 aliphatic rings. The zero-order chi connectivity index (χ0) is 11.3. The predicted molar refractivity (Wildman–Crippen MR) is 63.6 cm³/mol. The molecule has 0 saturated heterocycles. The van der Waals surface area contributed by atoms with E-state index in [2.05, 4.69) is 15.9 Å². The Morgan fingerprint density at radius 3 is 1.87 bits per heavy atom. The van der Waals surface area contributed by atoms with Crippen molar-refractivity contribution >= 4 is 15.9 Å². The second-order valence-corrected chi connectivity index (χ2v) is 3.77. The van der Waals surface area contributed by atoms with Crippen LogP contribution in [0.15, 0.2) is 12.1 Å². The molecule has 0 atom stereocenters. The molecule has 1 rings (SSSR count). The lowest BCUT2D eigenvalue weighted by atomic mass is 10.1. The van der Waals surface area contributed by atoms with E-state index in [1.165, 1.54) is 0 Å². The Balaban J connectivity index is 3.16. The molecule has 0 unspecified atom stereocenters. The van der Waals surface area contributed by atoms with Gasteiger partial charge in [0.2, 0.25) is 5.75 Å². The monoisotopic (exact) mass is 274 g/mol. The van der Waals surface area contributed by atoms with Gasteiger partial charge in [0.25, 0.3) is 0 Å². The third-order valence-corrected chi connectivity index (χ3v) is 2.50. The van der Waals surface area contributed by atoms with E-state index in [1.807, 2.05) is 12.1 Å². The lowest BCUT2D eigenvalue weighted by molar-refractivity contribution is 0.324.